The van der Waals surface area contributed by atoms with Crippen LogP contribution in [0.1, 0.15) is 38.7 Å². The largest absolute Gasteiger partial charge is 0.355 e. The molecule has 1 atom stereocenters. The molecule has 3 nitrogen and oxygen atoms in total. The predicted octanol–water partition coefficient (Wildman–Crippen LogP) is 2.47. The second kappa shape index (κ2) is 6.89. The Bertz CT molecular complexity index is 422. The van der Waals surface area contributed by atoms with Gasteiger partial charge >= 0.3 is 0 Å². The van der Waals surface area contributed by atoms with Gasteiger partial charge in [0.15, 0.2) is 0 Å². The molecule has 0 saturated carbocycles. The summed E-state index contributed by atoms with van der Waals surface area (Å²) in [5, 5.41) is 6.43. The van der Waals surface area contributed by atoms with Gasteiger partial charge in [-0.1, -0.05) is 44.2 Å². The van der Waals surface area contributed by atoms with Gasteiger partial charge in [-0.15, -0.1) is 0 Å². The van der Waals surface area contributed by atoms with Crippen molar-refractivity contribution in [3.63, 3.8) is 0 Å². The first-order valence-electron chi connectivity index (χ1n) is 7.61. The highest BCUT2D eigenvalue weighted by Crippen LogP contribution is 2.22. The normalized spacial score (nSPS) is 19.0. The minimum absolute atomic E-state index is 0.0220. The lowest BCUT2D eigenvalue weighted by Gasteiger charge is -2.25. The smallest absolute Gasteiger partial charge is 0.220 e. The number of hydrogen-bond donors (Lipinski definition) is 2. The molecule has 2 rings (SSSR count). The van der Waals surface area contributed by atoms with Crippen molar-refractivity contribution in [3.8, 4) is 0 Å². The summed E-state index contributed by atoms with van der Waals surface area (Å²) in [6.07, 6.45) is 2.87. The van der Waals surface area contributed by atoms with Crippen LogP contribution in [0.25, 0.3) is 0 Å². The number of hydrogen-bond acceptors (Lipinski definition) is 2. The van der Waals surface area contributed by atoms with Crippen molar-refractivity contribution in [3.05, 3.63) is 35.9 Å². The number of rotatable bonds is 6. The Kier molecular flexibility index (Phi) is 5.18. The average Bonchev–Trinajstić information content (AvgIpc) is 2.97. The summed E-state index contributed by atoms with van der Waals surface area (Å²) in [4.78, 5) is 11.9. The Balaban J connectivity index is 1.74. The van der Waals surface area contributed by atoms with E-state index >= 15 is 0 Å². The van der Waals surface area contributed by atoms with Crippen molar-refractivity contribution in [2.45, 2.75) is 38.5 Å². The summed E-state index contributed by atoms with van der Waals surface area (Å²) < 4.78 is 0. The van der Waals surface area contributed by atoms with Crippen molar-refractivity contribution in [1.29, 1.82) is 0 Å². The lowest BCUT2D eigenvalue weighted by atomic mass is 9.84. The van der Waals surface area contributed by atoms with Gasteiger partial charge in [0, 0.05) is 18.4 Å². The van der Waals surface area contributed by atoms with Crippen LogP contribution in [-0.4, -0.2) is 25.5 Å². The monoisotopic (exact) mass is 274 g/mol. The Morgan fingerprint density at radius 2 is 2.10 bits per heavy atom. The molecule has 3 heteroatoms. The maximum Gasteiger partial charge on any atom is 0.220 e. The molecule has 0 radical (unpaired) electrons. The lowest BCUT2D eigenvalue weighted by molar-refractivity contribution is -0.121. The second-order valence-electron chi connectivity index (χ2n) is 6.42. The third-order valence-corrected chi connectivity index (χ3v) is 4.22. The number of carbonyl (C=O) groups excluding carboxylic acids is 1. The van der Waals surface area contributed by atoms with E-state index in [1.165, 1.54) is 12.0 Å². The first-order chi connectivity index (χ1) is 9.58. The molecule has 0 aliphatic carbocycles. The van der Waals surface area contributed by atoms with Crippen molar-refractivity contribution >= 4 is 5.91 Å². The van der Waals surface area contributed by atoms with E-state index in [9.17, 15) is 4.79 Å². The minimum Gasteiger partial charge on any atom is -0.355 e. The highest BCUT2D eigenvalue weighted by molar-refractivity contribution is 5.76. The topological polar surface area (TPSA) is 41.1 Å². The predicted molar refractivity (Wildman–Crippen MR) is 82.7 cm³/mol. The Morgan fingerprint density at radius 1 is 1.35 bits per heavy atom. The van der Waals surface area contributed by atoms with Crippen LogP contribution < -0.4 is 10.6 Å². The van der Waals surface area contributed by atoms with Gasteiger partial charge in [0.2, 0.25) is 5.91 Å². The van der Waals surface area contributed by atoms with Crippen LogP contribution >= 0.6 is 0 Å². The van der Waals surface area contributed by atoms with Gasteiger partial charge in [0.1, 0.15) is 0 Å². The molecule has 1 aromatic rings. The van der Waals surface area contributed by atoms with Gasteiger partial charge in [0.05, 0.1) is 0 Å². The molecule has 0 bridgehead atoms. The summed E-state index contributed by atoms with van der Waals surface area (Å²) in [6, 6.07) is 10.4. The zero-order chi connectivity index (χ0) is 14.4. The Labute approximate surface area is 122 Å². The van der Waals surface area contributed by atoms with Gasteiger partial charge in [-0.2, -0.15) is 0 Å². The summed E-state index contributed by atoms with van der Waals surface area (Å²) in [6.45, 7) is 7.21. The third-order valence-electron chi connectivity index (χ3n) is 4.22. The molecule has 0 spiro atoms. The maximum absolute atomic E-state index is 11.9. The van der Waals surface area contributed by atoms with Crippen molar-refractivity contribution in [2.75, 3.05) is 19.6 Å². The summed E-state index contributed by atoms with van der Waals surface area (Å²) in [5.41, 5.74) is 1.24. The molecule has 20 heavy (non-hydrogen) atoms. The van der Waals surface area contributed by atoms with Crippen LogP contribution in [-0.2, 0) is 10.2 Å². The van der Waals surface area contributed by atoms with E-state index in [0.717, 1.165) is 19.5 Å². The molecule has 1 unspecified atom stereocenters. The number of benzene rings is 1. The standard InChI is InChI=1S/C17H26N2O/c1-17(2,15-6-4-3-5-7-15)13-19-16(20)9-8-14-10-11-18-12-14/h3-7,14,18H,8-13H2,1-2H3,(H,19,20). The third kappa shape index (κ3) is 4.34. The molecule has 1 aromatic carbocycles. The van der Waals surface area contributed by atoms with E-state index in [2.05, 4.69) is 36.6 Å². The van der Waals surface area contributed by atoms with Crippen LogP contribution in [0, 0.1) is 5.92 Å². The van der Waals surface area contributed by atoms with E-state index in [0.29, 0.717) is 18.9 Å². The first kappa shape index (κ1) is 15.0. The van der Waals surface area contributed by atoms with Crippen molar-refractivity contribution in [1.82, 2.24) is 10.6 Å². The summed E-state index contributed by atoms with van der Waals surface area (Å²) >= 11 is 0. The summed E-state index contributed by atoms with van der Waals surface area (Å²) in [7, 11) is 0. The van der Waals surface area contributed by atoms with E-state index in [-0.39, 0.29) is 11.3 Å². The molecular weight excluding hydrogens is 248 g/mol. The first-order valence-corrected chi connectivity index (χ1v) is 7.61. The van der Waals surface area contributed by atoms with Gasteiger partial charge in [-0.05, 0) is 37.4 Å². The molecule has 1 fully saturated rings. The second-order valence-corrected chi connectivity index (χ2v) is 6.42. The van der Waals surface area contributed by atoms with E-state index in [1.54, 1.807) is 0 Å². The van der Waals surface area contributed by atoms with Crippen LogP contribution in [0.15, 0.2) is 30.3 Å². The van der Waals surface area contributed by atoms with E-state index < -0.39 is 0 Å². The SMILES string of the molecule is CC(C)(CNC(=O)CCC1CCNC1)c1ccccc1. The fourth-order valence-electron chi connectivity index (χ4n) is 2.70. The molecule has 1 amide bonds. The van der Waals surface area contributed by atoms with E-state index in [4.69, 9.17) is 0 Å². The zero-order valence-electron chi connectivity index (χ0n) is 12.6. The van der Waals surface area contributed by atoms with Crippen LogP contribution in [0.3, 0.4) is 0 Å². The minimum atomic E-state index is -0.0220. The van der Waals surface area contributed by atoms with Crippen LogP contribution in [0.5, 0.6) is 0 Å². The molecule has 0 aromatic heterocycles. The van der Waals surface area contributed by atoms with E-state index in [1.807, 2.05) is 18.2 Å². The molecular formula is C17H26N2O. The van der Waals surface area contributed by atoms with Crippen molar-refractivity contribution < 1.29 is 4.79 Å². The highest BCUT2D eigenvalue weighted by atomic mass is 16.1. The van der Waals surface area contributed by atoms with Gasteiger partial charge in [-0.3, -0.25) is 4.79 Å². The van der Waals surface area contributed by atoms with Crippen LogP contribution in [0.4, 0.5) is 0 Å². The molecule has 1 saturated heterocycles. The molecule has 110 valence electrons. The zero-order valence-corrected chi connectivity index (χ0v) is 12.6. The molecule has 1 heterocycles. The van der Waals surface area contributed by atoms with Gasteiger partial charge in [0.25, 0.3) is 0 Å². The van der Waals surface area contributed by atoms with Crippen molar-refractivity contribution in [2.24, 2.45) is 5.92 Å². The quantitative estimate of drug-likeness (QED) is 0.836. The molecule has 1 aliphatic rings. The Morgan fingerprint density at radius 3 is 2.75 bits per heavy atom. The molecule has 1 aliphatic heterocycles. The van der Waals surface area contributed by atoms with Crippen LogP contribution in [0.2, 0.25) is 0 Å². The average molecular weight is 274 g/mol. The number of amides is 1. The number of carbonyl (C=O) groups is 1. The fourth-order valence-corrected chi connectivity index (χ4v) is 2.70. The Hall–Kier alpha value is -1.35. The fraction of sp³-hybridized carbons (Fsp3) is 0.588. The van der Waals surface area contributed by atoms with Gasteiger partial charge < -0.3 is 10.6 Å². The maximum atomic E-state index is 11.9. The summed E-state index contributed by atoms with van der Waals surface area (Å²) in [5.74, 6) is 0.865. The van der Waals surface area contributed by atoms with Gasteiger partial charge in [-0.25, -0.2) is 0 Å². The highest BCUT2D eigenvalue weighted by Gasteiger charge is 2.21. The number of nitrogens with one attached hydrogen (secondary N) is 2. The lowest BCUT2D eigenvalue weighted by Crippen LogP contribution is -2.36. The molecule has 2 N–H and O–H groups in total.